The van der Waals surface area contributed by atoms with E-state index in [1.807, 2.05) is 13.0 Å². The van der Waals surface area contributed by atoms with E-state index in [9.17, 15) is 18.4 Å². The lowest BCUT2D eigenvalue weighted by molar-refractivity contribution is -0.129. The highest BCUT2D eigenvalue weighted by Gasteiger charge is 2.38. The van der Waals surface area contributed by atoms with Crippen molar-refractivity contribution in [2.24, 2.45) is 0 Å². The van der Waals surface area contributed by atoms with Gasteiger partial charge < -0.3 is 9.80 Å². The van der Waals surface area contributed by atoms with Crippen molar-refractivity contribution in [1.82, 2.24) is 9.80 Å². The maximum absolute atomic E-state index is 13.6. The molecule has 28 heavy (non-hydrogen) atoms. The lowest BCUT2D eigenvalue weighted by Crippen LogP contribution is -2.34. The predicted octanol–water partition coefficient (Wildman–Crippen LogP) is 4.09. The van der Waals surface area contributed by atoms with Gasteiger partial charge in [-0.3, -0.25) is 9.59 Å². The summed E-state index contributed by atoms with van der Waals surface area (Å²) in [7, 11) is 1.65. The van der Waals surface area contributed by atoms with Gasteiger partial charge in [-0.1, -0.05) is 18.2 Å². The molecule has 0 aliphatic carbocycles. The van der Waals surface area contributed by atoms with Crippen LogP contribution in [0.25, 0.3) is 0 Å². The molecule has 0 unspecified atom stereocenters. The van der Waals surface area contributed by atoms with E-state index in [1.165, 1.54) is 47.0 Å². The van der Waals surface area contributed by atoms with Crippen molar-refractivity contribution < 1.29 is 18.4 Å². The van der Waals surface area contributed by atoms with Gasteiger partial charge in [0.2, 0.25) is 5.91 Å². The molecular weight excluding hydrogens is 382 g/mol. The zero-order valence-corrected chi connectivity index (χ0v) is 16.6. The highest BCUT2D eigenvalue weighted by molar-refractivity contribution is 8.01. The highest BCUT2D eigenvalue weighted by Crippen LogP contribution is 2.42. The monoisotopic (exact) mass is 404 g/mol. The molecule has 2 aromatic rings. The molecule has 4 nitrogen and oxygen atoms in total. The summed E-state index contributed by atoms with van der Waals surface area (Å²) in [5, 5.41) is -0.428. The minimum Gasteiger partial charge on any atom is -0.342 e. The van der Waals surface area contributed by atoms with Crippen molar-refractivity contribution in [2.45, 2.75) is 24.0 Å². The fraction of sp³-hybridized carbons (Fsp3) is 0.333. The largest absolute Gasteiger partial charge is 0.342 e. The first-order valence-corrected chi connectivity index (χ1v) is 10.0. The molecule has 7 heteroatoms. The third kappa shape index (κ3) is 4.52. The number of nitrogens with zero attached hydrogens (tertiary/aromatic N) is 2. The van der Waals surface area contributed by atoms with Crippen LogP contribution in [0.4, 0.5) is 8.78 Å². The molecule has 0 N–H and O–H groups in total. The van der Waals surface area contributed by atoms with Crippen LogP contribution >= 0.6 is 11.8 Å². The first-order valence-electron chi connectivity index (χ1n) is 9.09. The van der Waals surface area contributed by atoms with Gasteiger partial charge in [-0.15, -0.1) is 11.8 Å². The normalized spacial score (nSPS) is 19.1. The summed E-state index contributed by atoms with van der Waals surface area (Å²) in [6.45, 7) is 2.73. The fourth-order valence-electron chi connectivity index (χ4n) is 3.24. The predicted molar refractivity (Wildman–Crippen MR) is 106 cm³/mol. The van der Waals surface area contributed by atoms with Crippen molar-refractivity contribution in [2.75, 3.05) is 20.1 Å². The number of halogens is 2. The van der Waals surface area contributed by atoms with Crippen LogP contribution in [-0.4, -0.2) is 47.0 Å². The van der Waals surface area contributed by atoms with E-state index < -0.39 is 5.82 Å². The average molecular weight is 404 g/mol. The van der Waals surface area contributed by atoms with Gasteiger partial charge in [0, 0.05) is 25.7 Å². The van der Waals surface area contributed by atoms with Gasteiger partial charge >= 0.3 is 0 Å². The number of thioether (sulfide) groups is 1. The van der Waals surface area contributed by atoms with E-state index in [0.717, 1.165) is 5.56 Å². The third-order valence-corrected chi connectivity index (χ3v) is 6.09. The zero-order valence-electron chi connectivity index (χ0n) is 15.8. The summed E-state index contributed by atoms with van der Waals surface area (Å²) in [5.74, 6) is -1.04. The van der Waals surface area contributed by atoms with Crippen LogP contribution in [0.3, 0.4) is 0 Å². The summed E-state index contributed by atoms with van der Waals surface area (Å²) in [6.07, 6.45) is 0.572. The van der Waals surface area contributed by atoms with Crippen LogP contribution in [0.15, 0.2) is 48.5 Å². The van der Waals surface area contributed by atoms with Crippen LogP contribution in [0.5, 0.6) is 0 Å². The summed E-state index contributed by atoms with van der Waals surface area (Å²) in [5.41, 5.74) is 1.05. The minimum absolute atomic E-state index is 0.0124. The van der Waals surface area contributed by atoms with Crippen molar-refractivity contribution in [3.8, 4) is 0 Å². The van der Waals surface area contributed by atoms with E-state index in [-0.39, 0.29) is 28.3 Å². The van der Waals surface area contributed by atoms with Crippen LogP contribution in [0, 0.1) is 11.6 Å². The second kappa shape index (κ2) is 8.73. The third-order valence-electron chi connectivity index (χ3n) is 4.69. The standard InChI is InChI=1S/C21H22F2N2O2S/c1-14-19(26)25(21(28-14)16-7-4-9-18(23)13-16)11-5-10-24(2)20(27)15-6-3-8-17(22)12-15/h3-4,6-9,12-14,21H,5,10-11H2,1-2H3/t14-,21+/m0/s1. The summed E-state index contributed by atoms with van der Waals surface area (Å²) < 4.78 is 26.9. The van der Waals surface area contributed by atoms with Gasteiger partial charge in [0.15, 0.2) is 0 Å². The Hall–Kier alpha value is -2.41. The molecule has 0 bridgehead atoms. The number of rotatable bonds is 6. The highest BCUT2D eigenvalue weighted by atomic mass is 32.2. The summed E-state index contributed by atoms with van der Waals surface area (Å²) in [6, 6.07) is 11.9. The Bertz CT molecular complexity index is 877. The molecule has 1 aliphatic rings. The Morgan fingerprint density at radius 2 is 1.82 bits per heavy atom. The van der Waals surface area contributed by atoms with E-state index in [4.69, 9.17) is 0 Å². The Balaban J connectivity index is 1.62. The number of hydrogen-bond acceptors (Lipinski definition) is 3. The SMILES string of the molecule is C[C@@H]1S[C@H](c2cccc(F)c2)N(CCCN(C)C(=O)c2cccc(F)c2)C1=O. The van der Waals surface area contributed by atoms with Crippen LogP contribution in [-0.2, 0) is 4.79 Å². The van der Waals surface area contributed by atoms with Gasteiger partial charge in [0.25, 0.3) is 5.91 Å². The summed E-state index contributed by atoms with van der Waals surface area (Å²) >= 11 is 1.49. The molecule has 1 aliphatic heterocycles. The number of carbonyl (C=O) groups excluding carboxylic acids is 2. The molecule has 1 heterocycles. The van der Waals surface area contributed by atoms with E-state index >= 15 is 0 Å². The van der Waals surface area contributed by atoms with Crippen LogP contribution in [0.1, 0.15) is 34.6 Å². The molecule has 2 atom stereocenters. The molecule has 0 saturated carbocycles. The van der Waals surface area contributed by atoms with Crippen molar-refractivity contribution in [3.05, 3.63) is 71.3 Å². The molecule has 1 saturated heterocycles. The van der Waals surface area contributed by atoms with Gasteiger partial charge in [0.05, 0.1) is 5.25 Å². The Morgan fingerprint density at radius 3 is 2.50 bits per heavy atom. The van der Waals surface area contributed by atoms with Crippen molar-refractivity contribution in [3.63, 3.8) is 0 Å². The van der Waals surface area contributed by atoms with Crippen LogP contribution in [0.2, 0.25) is 0 Å². The minimum atomic E-state index is -0.453. The Labute approximate surface area is 167 Å². The maximum Gasteiger partial charge on any atom is 0.253 e. The van der Waals surface area contributed by atoms with E-state index in [1.54, 1.807) is 24.1 Å². The van der Waals surface area contributed by atoms with E-state index in [2.05, 4.69) is 0 Å². The van der Waals surface area contributed by atoms with Crippen molar-refractivity contribution in [1.29, 1.82) is 0 Å². The molecule has 2 aromatic carbocycles. The van der Waals surface area contributed by atoms with E-state index in [0.29, 0.717) is 25.1 Å². The Morgan fingerprint density at radius 1 is 1.14 bits per heavy atom. The second-order valence-corrected chi connectivity index (χ2v) is 8.23. The molecular formula is C21H22F2N2O2S. The molecule has 2 amide bonds. The molecule has 0 aromatic heterocycles. The van der Waals surface area contributed by atoms with Gasteiger partial charge in [-0.2, -0.15) is 0 Å². The molecule has 0 radical (unpaired) electrons. The quantitative estimate of drug-likeness (QED) is 0.728. The molecule has 0 spiro atoms. The molecule has 3 rings (SSSR count). The molecule has 148 valence electrons. The number of amides is 2. The maximum atomic E-state index is 13.6. The fourth-order valence-corrected chi connectivity index (χ4v) is 4.54. The zero-order chi connectivity index (χ0) is 20.3. The van der Waals surface area contributed by atoms with Gasteiger partial charge in [0.1, 0.15) is 17.0 Å². The average Bonchev–Trinajstić information content (AvgIpc) is 2.96. The number of hydrogen-bond donors (Lipinski definition) is 0. The van der Waals surface area contributed by atoms with Gasteiger partial charge in [-0.05, 0) is 49.2 Å². The topological polar surface area (TPSA) is 40.6 Å². The molecule has 1 fully saturated rings. The summed E-state index contributed by atoms with van der Waals surface area (Å²) in [4.78, 5) is 28.2. The van der Waals surface area contributed by atoms with Crippen molar-refractivity contribution >= 4 is 23.6 Å². The number of benzene rings is 2. The number of carbonyl (C=O) groups is 2. The lowest BCUT2D eigenvalue weighted by atomic mass is 10.2. The second-order valence-electron chi connectivity index (χ2n) is 6.81. The van der Waals surface area contributed by atoms with Gasteiger partial charge in [-0.25, -0.2) is 8.78 Å². The first-order chi connectivity index (χ1) is 13.4. The smallest absolute Gasteiger partial charge is 0.253 e. The Kier molecular flexibility index (Phi) is 6.34. The van der Waals surface area contributed by atoms with Crippen LogP contribution < -0.4 is 0 Å². The first kappa shape index (κ1) is 20.3. The lowest BCUT2D eigenvalue weighted by Gasteiger charge is -2.25.